The Bertz CT molecular complexity index is 959. The topological polar surface area (TPSA) is 61.8 Å². The molecular weight excluding hydrogens is 308 g/mol. The highest BCUT2D eigenvalue weighted by atomic mass is 16.5. The van der Waals surface area contributed by atoms with Gasteiger partial charge >= 0.3 is 11.9 Å². The van der Waals surface area contributed by atoms with E-state index >= 15 is 0 Å². The highest BCUT2D eigenvalue weighted by Crippen LogP contribution is 2.33. The Kier molecular flexibility index (Phi) is 4.08. The van der Waals surface area contributed by atoms with Crippen LogP contribution in [0.5, 0.6) is 5.75 Å². The van der Waals surface area contributed by atoms with Crippen LogP contribution < -0.4 is 4.74 Å². The van der Waals surface area contributed by atoms with Crippen molar-refractivity contribution in [3.8, 4) is 5.75 Å². The van der Waals surface area contributed by atoms with Crippen LogP contribution in [0.2, 0.25) is 0 Å². The van der Waals surface area contributed by atoms with Crippen LogP contribution in [0.25, 0.3) is 21.5 Å². The average Bonchev–Trinajstić information content (AvgIpc) is 2.64. The maximum absolute atomic E-state index is 12.4. The smallest absolute Gasteiger partial charge is 0.339 e. The highest BCUT2D eigenvalue weighted by Gasteiger charge is 2.22. The number of carbonyl (C=O) groups is 2. The minimum Gasteiger partial charge on any atom is -0.497 e. The van der Waals surface area contributed by atoms with Crippen LogP contribution in [0.15, 0.2) is 42.5 Å². The molecule has 0 amide bonds. The first kappa shape index (κ1) is 15.8. The fourth-order valence-corrected chi connectivity index (χ4v) is 2.85. The zero-order valence-corrected chi connectivity index (χ0v) is 13.6. The maximum atomic E-state index is 12.4. The number of esters is 2. The van der Waals surface area contributed by atoms with Crippen LogP contribution in [0.4, 0.5) is 0 Å². The van der Waals surface area contributed by atoms with Gasteiger partial charge in [0.2, 0.25) is 0 Å². The fourth-order valence-electron chi connectivity index (χ4n) is 2.85. The zero-order valence-electron chi connectivity index (χ0n) is 13.6. The number of hydrogen-bond donors (Lipinski definition) is 0. The summed E-state index contributed by atoms with van der Waals surface area (Å²) >= 11 is 0. The summed E-state index contributed by atoms with van der Waals surface area (Å²) in [5.74, 6) is -0.511. The lowest BCUT2D eigenvalue weighted by molar-refractivity contribution is 0.0557. The molecule has 0 aliphatic carbocycles. The molecule has 0 unspecified atom stereocenters. The van der Waals surface area contributed by atoms with Crippen molar-refractivity contribution in [1.29, 1.82) is 0 Å². The van der Waals surface area contributed by atoms with E-state index in [9.17, 15) is 9.59 Å². The fraction of sp³-hybridized carbons (Fsp3) is 0.158. The second-order valence-corrected chi connectivity index (χ2v) is 5.22. The molecule has 24 heavy (non-hydrogen) atoms. The Balaban J connectivity index is 2.51. The van der Waals surface area contributed by atoms with Gasteiger partial charge in [0.05, 0.1) is 32.5 Å². The summed E-state index contributed by atoms with van der Waals surface area (Å²) < 4.78 is 15.0. The van der Waals surface area contributed by atoms with E-state index in [4.69, 9.17) is 14.2 Å². The van der Waals surface area contributed by atoms with Crippen molar-refractivity contribution in [1.82, 2.24) is 0 Å². The Labute approximate surface area is 138 Å². The first-order chi connectivity index (χ1) is 11.6. The largest absolute Gasteiger partial charge is 0.497 e. The third-order valence-corrected chi connectivity index (χ3v) is 4.00. The van der Waals surface area contributed by atoms with E-state index in [1.165, 1.54) is 14.2 Å². The SMILES string of the molecule is COC(=O)c1ccc2ccc3ccc(OC)cc3c2c1C(=O)OC. The molecule has 0 saturated carbocycles. The standard InChI is InChI=1S/C19H16O5/c1-22-13-8-6-11-4-5-12-7-9-14(18(20)23-2)17(19(21)24-3)16(12)15(11)10-13/h4-10H,1-3H3. The molecule has 5 nitrogen and oxygen atoms in total. The second-order valence-electron chi connectivity index (χ2n) is 5.22. The Hall–Kier alpha value is -3.08. The van der Waals surface area contributed by atoms with E-state index in [0.717, 1.165) is 16.2 Å². The number of hydrogen-bond acceptors (Lipinski definition) is 5. The molecule has 0 spiro atoms. The van der Waals surface area contributed by atoms with Gasteiger partial charge in [0, 0.05) is 5.39 Å². The van der Waals surface area contributed by atoms with Gasteiger partial charge in [-0.1, -0.05) is 24.3 Å². The molecule has 0 aliphatic rings. The number of ether oxygens (including phenoxy) is 3. The van der Waals surface area contributed by atoms with Crippen molar-refractivity contribution in [2.24, 2.45) is 0 Å². The Morgan fingerprint density at radius 2 is 1.42 bits per heavy atom. The van der Waals surface area contributed by atoms with Crippen molar-refractivity contribution in [3.63, 3.8) is 0 Å². The predicted molar refractivity (Wildman–Crippen MR) is 90.7 cm³/mol. The second kappa shape index (κ2) is 6.20. The van der Waals surface area contributed by atoms with E-state index < -0.39 is 11.9 Å². The van der Waals surface area contributed by atoms with Crippen LogP contribution in [-0.2, 0) is 9.47 Å². The Morgan fingerprint density at radius 3 is 2.08 bits per heavy atom. The molecular formula is C19H16O5. The molecule has 0 heterocycles. The van der Waals surface area contributed by atoms with Crippen LogP contribution in [-0.4, -0.2) is 33.3 Å². The van der Waals surface area contributed by atoms with Gasteiger partial charge in [0.15, 0.2) is 0 Å². The lowest BCUT2D eigenvalue weighted by atomic mass is 9.94. The summed E-state index contributed by atoms with van der Waals surface area (Å²) in [7, 11) is 4.14. The quantitative estimate of drug-likeness (QED) is 0.544. The van der Waals surface area contributed by atoms with Gasteiger partial charge in [0.25, 0.3) is 0 Å². The van der Waals surface area contributed by atoms with Crippen molar-refractivity contribution < 1.29 is 23.8 Å². The predicted octanol–water partition coefficient (Wildman–Crippen LogP) is 3.57. The highest BCUT2D eigenvalue weighted by molar-refractivity contribution is 6.20. The number of fused-ring (bicyclic) bond motifs is 3. The maximum Gasteiger partial charge on any atom is 0.339 e. The first-order valence-electron chi connectivity index (χ1n) is 7.30. The lowest BCUT2D eigenvalue weighted by Gasteiger charge is -2.13. The van der Waals surface area contributed by atoms with Gasteiger partial charge in [0.1, 0.15) is 5.75 Å². The molecule has 5 heteroatoms. The molecule has 0 atom stereocenters. The monoisotopic (exact) mass is 324 g/mol. The van der Waals surface area contributed by atoms with Gasteiger partial charge < -0.3 is 14.2 Å². The Morgan fingerprint density at radius 1 is 0.792 bits per heavy atom. The summed E-state index contributed by atoms with van der Waals surface area (Å²) in [4.78, 5) is 24.5. The summed E-state index contributed by atoms with van der Waals surface area (Å²) in [5, 5.41) is 3.19. The average molecular weight is 324 g/mol. The summed E-state index contributed by atoms with van der Waals surface area (Å²) in [6.07, 6.45) is 0. The van der Waals surface area contributed by atoms with Crippen molar-refractivity contribution in [3.05, 3.63) is 53.6 Å². The minimum atomic E-state index is -0.587. The number of rotatable bonds is 3. The molecule has 122 valence electrons. The van der Waals surface area contributed by atoms with E-state index in [1.54, 1.807) is 19.2 Å². The van der Waals surface area contributed by atoms with Crippen molar-refractivity contribution in [2.45, 2.75) is 0 Å². The molecule has 0 aromatic heterocycles. The van der Waals surface area contributed by atoms with Crippen molar-refractivity contribution >= 4 is 33.5 Å². The van der Waals surface area contributed by atoms with Crippen LogP contribution in [0, 0.1) is 0 Å². The molecule has 0 radical (unpaired) electrons. The molecule has 0 aliphatic heterocycles. The molecule has 0 saturated heterocycles. The van der Waals surface area contributed by atoms with Crippen LogP contribution >= 0.6 is 0 Å². The van der Waals surface area contributed by atoms with E-state index in [-0.39, 0.29) is 11.1 Å². The van der Waals surface area contributed by atoms with E-state index in [1.807, 2.05) is 30.3 Å². The minimum absolute atomic E-state index is 0.173. The molecule has 3 aromatic rings. The number of benzene rings is 3. The van der Waals surface area contributed by atoms with E-state index in [2.05, 4.69) is 0 Å². The number of methoxy groups -OCH3 is 3. The van der Waals surface area contributed by atoms with Crippen LogP contribution in [0.1, 0.15) is 20.7 Å². The molecule has 3 aromatic carbocycles. The summed E-state index contributed by atoms with van der Waals surface area (Å²) in [5.41, 5.74) is 0.368. The summed E-state index contributed by atoms with van der Waals surface area (Å²) in [6.45, 7) is 0. The third kappa shape index (κ3) is 2.44. The molecule has 0 bridgehead atoms. The summed E-state index contributed by atoms with van der Waals surface area (Å²) in [6, 6.07) is 12.8. The van der Waals surface area contributed by atoms with Crippen LogP contribution in [0.3, 0.4) is 0 Å². The van der Waals surface area contributed by atoms with E-state index in [0.29, 0.717) is 11.1 Å². The van der Waals surface area contributed by atoms with Crippen molar-refractivity contribution in [2.75, 3.05) is 21.3 Å². The van der Waals surface area contributed by atoms with Gasteiger partial charge in [-0.05, 0) is 34.4 Å². The van der Waals surface area contributed by atoms with Gasteiger partial charge in [-0.3, -0.25) is 0 Å². The normalized spacial score (nSPS) is 10.6. The first-order valence-corrected chi connectivity index (χ1v) is 7.30. The van der Waals surface area contributed by atoms with Gasteiger partial charge in [-0.15, -0.1) is 0 Å². The van der Waals surface area contributed by atoms with Gasteiger partial charge in [-0.2, -0.15) is 0 Å². The molecule has 3 rings (SSSR count). The van der Waals surface area contributed by atoms with Gasteiger partial charge in [-0.25, -0.2) is 9.59 Å². The zero-order chi connectivity index (χ0) is 17.3. The molecule has 0 fully saturated rings. The number of carbonyl (C=O) groups excluding carboxylic acids is 2. The molecule has 0 N–H and O–H groups in total. The third-order valence-electron chi connectivity index (χ3n) is 4.00. The lowest BCUT2D eigenvalue weighted by Crippen LogP contribution is -2.12.